The second-order valence-electron chi connectivity index (χ2n) is 5.08. The summed E-state index contributed by atoms with van der Waals surface area (Å²) in [6, 6.07) is 0.134. The number of ether oxygens (including phenoxy) is 1. The van der Waals surface area contributed by atoms with Crippen molar-refractivity contribution in [3.63, 3.8) is 0 Å². The minimum absolute atomic E-state index is 0.0368. The van der Waals surface area contributed by atoms with Gasteiger partial charge < -0.3 is 9.64 Å². The highest BCUT2D eigenvalue weighted by molar-refractivity contribution is 5.86. The quantitative estimate of drug-likeness (QED) is 0.747. The molecule has 0 spiro atoms. The average Bonchev–Trinajstić information content (AvgIpc) is 2.94. The topological polar surface area (TPSA) is 46.6 Å². The van der Waals surface area contributed by atoms with E-state index in [2.05, 4.69) is 0 Å². The van der Waals surface area contributed by atoms with Crippen LogP contribution in [0, 0.1) is 5.92 Å². The van der Waals surface area contributed by atoms with Crippen LogP contribution in [0.2, 0.25) is 0 Å². The Bertz CT molecular complexity index is 316. The number of rotatable bonds is 3. The minimum atomic E-state index is -0.396. The number of hydrogen-bond donors (Lipinski definition) is 0. The molecule has 1 heterocycles. The molecule has 0 aromatic heterocycles. The van der Waals surface area contributed by atoms with E-state index in [0.717, 1.165) is 32.2 Å². The summed E-state index contributed by atoms with van der Waals surface area (Å²) in [6.45, 7) is 2.55. The average molecular weight is 239 g/mol. The SMILES string of the molecule is COC(C)C(=O)N1CCCC1C1CCCC1=O. The zero-order valence-electron chi connectivity index (χ0n) is 10.6. The van der Waals surface area contributed by atoms with E-state index in [0.29, 0.717) is 12.2 Å². The maximum absolute atomic E-state index is 12.1. The van der Waals surface area contributed by atoms with E-state index in [1.165, 1.54) is 0 Å². The fraction of sp³-hybridized carbons (Fsp3) is 0.846. The molecule has 0 N–H and O–H groups in total. The van der Waals surface area contributed by atoms with Crippen LogP contribution in [0.15, 0.2) is 0 Å². The Morgan fingerprint density at radius 2 is 2.18 bits per heavy atom. The largest absolute Gasteiger partial charge is 0.372 e. The molecule has 3 unspecified atom stereocenters. The van der Waals surface area contributed by atoms with Crippen molar-refractivity contribution in [1.29, 1.82) is 0 Å². The zero-order valence-corrected chi connectivity index (χ0v) is 10.6. The second-order valence-corrected chi connectivity index (χ2v) is 5.08. The number of methoxy groups -OCH3 is 1. The molecular weight excluding hydrogens is 218 g/mol. The van der Waals surface area contributed by atoms with Crippen LogP contribution in [0.25, 0.3) is 0 Å². The van der Waals surface area contributed by atoms with Gasteiger partial charge in [0.25, 0.3) is 5.91 Å². The van der Waals surface area contributed by atoms with Crippen molar-refractivity contribution in [2.45, 2.75) is 51.2 Å². The Balaban J connectivity index is 2.06. The van der Waals surface area contributed by atoms with Gasteiger partial charge in [-0.25, -0.2) is 0 Å². The first-order chi connectivity index (χ1) is 8.15. The van der Waals surface area contributed by atoms with Crippen LogP contribution >= 0.6 is 0 Å². The first kappa shape index (κ1) is 12.6. The number of ketones is 1. The molecule has 0 aromatic rings. The molecule has 1 aliphatic carbocycles. The first-order valence-corrected chi connectivity index (χ1v) is 6.51. The van der Waals surface area contributed by atoms with E-state index in [1.54, 1.807) is 14.0 Å². The molecule has 0 bridgehead atoms. The fourth-order valence-corrected chi connectivity index (χ4v) is 3.07. The summed E-state index contributed by atoms with van der Waals surface area (Å²) in [5.74, 6) is 0.472. The lowest BCUT2D eigenvalue weighted by Gasteiger charge is -2.30. The first-order valence-electron chi connectivity index (χ1n) is 6.51. The second kappa shape index (κ2) is 5.17. The molecule has 0 radical (unpaired) electrons. The van der Waals surface area contributed by atoms with E-state index in [9.17, 15) is 9.59 Å². The summed E-state index contributed by atoms with van der Waals surface area (Å²) in [5.41, 5.74) is 0. The predicted octanol–water partition coefficient (Wildman–Crippen LogP) is 1.38. The van der Waals surface area contributed by atoms with Gasteiger partial charge in [-0.1, -0.05) is 0 Å². The number of hydrogen-bond acceptors (Lipinski definition) is 3. The molecule has 1 saturated heterocycles. The van der Waals surface area contributed by atoms with E-state index in [-0.39, 0.29) is 17.9 Å². The van der Waals surface area contributed by atoms with Gasteiger partial charge >= 0.3 is 0 Å². The van der Waals surface area contributed by atoms with Crippen LogP contribution in [-0.4, -0.2) is 42.4 Å². The number of Topliss-reactive ketones (excluding diaryl/α,β-unsaturated/α-hetero) is 1. The van der Waals surface area contributed by atoms with Crippen LogP contribution in [0.4, 0.5) is 0 Å². The molecule has 3 atom stereocenters. The lowest BCUT2D eigenvalue weighted by atomic mass is 9.95. The summed E-state index contributed by atoms with van der Waals surface area (Å²) in [5, 5.41) is 0. The van der Waals surface area contributed by atoms with Gasteiger partial charge in [-0.2, -0.15) is 0 Å². The van der Waals surface area contributed by atoms with Crippen LogP contribution < -0.4 is 0 Å². The van der Waals surface area contributed by atoms with Gasteiger partial charge in [0.05, 0.1) is 0 Å². The van der Waals surface area contributed by atoms with Crippen LogP contribution in [-0.2, 0) is 14.3 Å². The number of amides is 1. The molecule has 1 saturated carbocycles. The highest BCUT2D eigenvalue weighted by atomic mass is 16.5. The van der Waals surface area contributed by atoms with E-state index >= 15 is 0 Å². The molecule has 17 heavy (non-hydrogen) atoms. The molecule has 1 aliphatic heterocycles. The van der Waals surface area contributed by atoms with Gasteiger partial charge in [-0.3, -0.25) is 9.59 Å². The molecular formula is C13H21NO3. The van der Waals surface area contributed by atoms with Gasteiger partial charge in [0, 0.05) is 32.0 Å². The van der Waals surface area contributed by atoms with E-state index in [4.69, 9.17) is 4.74 Å². The lowest BCUT2D eigenvalue weighted by molar-refractivity contribution is -0.143. The van der Waals surface area contributed by atoms with Crippen LogP contribution in [0.1, 0.15) is 39.0 Å². The highest BCUT2D eigenvalue weighted by Gasteiger charge is 2.40. The van der Waals surface area contributed by atoms with Gasteiger partial charge in [-0.15, -0.1) is 0 Å². The predicted molar refractivity (Wildman–Crippen MR) is 63.6 cm³/mol. The van der Waals surface area contributed by atoms with Crippen molar-refractivity contribution >= 4 is 11.7 Å². The van der Waals surface area contributed by atoms with Crippen molar-refractivity contribution in [1.82, 2.24) is 4.90 Å². The van der Waals surface area contributed by atoms with Crippen molar-refractivity contribution in [2.75, 3.05) is 13.7 Å². The third kappa shape index (κ3) is 2.37. The van der Waals surface area contributed by atoms with Crippen molar-refractivity contribution in [2.24, 2.45) is 5.92 Å². The van der Waals surface area contributed by atoms with Gasteiger partial charge in [0.1, 0.15) is 11.9 Å². The Hall–Kier alpha value is -0.900. The standard InChI is InChI=1S/C13H21NO3/c1-9(17-2)13(16)14-8-4-6-11(14)10-5-3-7-12(10)15/h9-11H,3-8H2,1-2H3. The molecule has 96 valence electrons. The lowest BCUT2D eigenvalue weighted by Crippen LogP contribution is -2.45. The maximum atomic E-state index is 12.1. The van der Waals surface area contributed by atoms with Gasteiger partial charge in [0.2, 0.25) is 0 Å². The molecule has 4 heteroatoms. The molecule has 2 rings (SSSR count). The summed E-state index contributed by atoms with van der Waals surface area (Å²) in [6.07, 6.45) is 4.22. The molecule has 2 fully saturated rings. The van der Waals surface area contributed by atoms with E-state index < -0.39 is 6.10 Å². The number of carbonyl (C=O) groups is 2. The monoisotopic (exact) mass is 239 g/mol. The molecule has 4 nitrogen and oxygen atoms in total. The summed E-state index contributed by atoms with van der Waals surface area (Å²) >= 11 is 0. The fourth-order valence-electron chi connectivity index (χ4n) is 3.07. The minimum Gasteiger partial charge on any atom is -0.372 e. The normalized spacial score (nSPS) is 30.9. The Labute approximate surface area is 102 Å². The summed E-state index contributed by atoms with van der Waals surface area (Å²) in [4.78, 5) is 25.8. The summed E-state index contributed by atoms with van der Waals surface area (Å²) < 4.78 is 5.09. The Morgan fingerprint density at radius 1 is 1.41 bits per heavy atom. The Morgan fingerprint density at radius 3 is 2.76 bits per heavy atom. The van der Waals surface area contributed by atoms with Crippen LogP contribution in [0.3, 0.4) is 0 Å². The third-order valence-electron chi connectivity index (χ3n) is 4.10. The van der Waals surface area contributed by atoms with Crippen molar-refractivity contribution in [3.05, 3.63) is 0 Å². The molecule has 0 aromatic carbocycles. The number of carbonyl (C=O) groups excluding carboxylic acids is 2. The Kier molecular flexibility index (Phi) is 3.82. The van der Waals surface area contributed by atoms with Gasteiger partial charge in [0.15, 0.2) is 0 Å². The zero-order chi connectivity index (χ0) is 12.4. The molecule has 2 aliphatic rings. The summed E-state index contributed by atoms with van der Waals surface area (Å²) in [7, 11) is 1.55. The maximum Gasteiger partial charge on any atom is 0.251 e. The third-order valence-corrected chi connectivity index (χ3v) is 4.10. The van der Waals surface area contributed by atoms with Crippen molar-refractivity contribution < 1.29 is 14.3 Å². The highest BCUT2D eigenvalue weighted by Crippen LogP contribution is 2.33. The van der Waals surface area contributed by atoms with E-state index in [1.807, 2.05) is 4.90 Å². The number of likely N-dealkylation sites (tertiary alicyclic amines) is 1. The molecule has 1 amide bonds. The smallest absolute Gasteiger partial charge is 0.251 e. The van der Waals surface area contributed by atoms with Gasteiger partial charge in [-0.05, 0) is 32.6 Å². The van der Waals surface area contributed by atoms with Crippen LogP contribution in [0.5, 0.6) is 0 Å². The number of nitrogens with zero attached hydrogens (tertiary/aromatic N) is 1. The van der Waals surface area contributed by atoms with Crippen molar-refractivity contribution in [3.8, 4) is 0 Å².